The van der Waals surface area contributed by atoms with Gasteiger partial charge in [0.05, 0.1) is 13.2 Å². The molecule has 1 aliphatic carbocycles. The van der Waals surface area contributed by atoms with Crippen molar-refractivity contribution in [3.05, 3.63) is 35.4 Å². The highest BCUT2D eigenvalue weighted by Crippen LogP contribution is 2.23. The highest BCUT2D eigenvalue weighted by atomic mass is 35.5. The third kappa shape index (κ3) is 2.01. The topological polar surface area (TPSA) is 66.7 Å². The van der Waals surface area contributed by atoms with Crippen LogP contribution in [0.5, 0.6) is 0 Å². The summed E-state index contributed by atoms with van der Waals surface area (Å²) in [6.07, 6.45) is 0. The molecular weight excluding hydrogens is 242 g/mol. The number of hydrogen-bond acceptors (Lipinski definition) is 4. The van der Waals surface area contributed by atoms with E-state index in [9.17, 15) is 9.59 Å². The summed E-state index contributed by atoms with van der Waals surface area (Å²) >= 11 is 5.91. The van der Waals surface area contributed by atoms with Crippen LogP contribution >= 0.6 is 11.6 Å². The van der Waals surface area contributed by atoms with Gasteiger partial charge in [0.1, 0.15) is 11.1 Å². The van der Waals surface area contributed by atoms with Crippen LogP contribution in [0.1, 0.15) is 20.7 Å². The number of hydrogen-bond donors (Lipinski definition) is 1. The Labute approximate surface area is 103 Å². The van der Waals surface area contributed by atoms with Crippen LogP contribution in [0.25, 0.3) is 0 Å². The zero-order valence-electron chi connectivity index (χ0n) is 8.89. The lowest BCUT2D eigenvalue weighted by Gasteiger charge is -2.19. The van der Waals surface area contributed by atoms with E-state index >= 15 is 0 Å². The average molecular weight is 252 g/mol. The minimum Gasteiger partial charge on any atom is -0.394 e. The minimum atomic E-state index is -1.05. The monoisotopic (exact) mass is 251 g/mol. The van der Waals surface area contributed by atoms with Crippen LogP contribution in [0.4, 0.5) is 0 Å². The Balaban J connectivity index is 2.51. The number of fused-ring (bicyclic) bond motifs is 1. The van der Waals surface area contributed by atoms with Gasteiger partial charge in [0.15, 0.2) is 5.78 Å². The van der Waals surface area contributed by atoms with E-state index in [0.717, 1.165) is 0 Å². The molecule has 1 N–H and O–H groups in total. The van der Waals surface area contributed by atoms with Gasteiger partial charge in [-0.3, -0.25) is 14.6 Å². The Kier molecular flexibility index (Phi) is 3.36. The minimum absolute atomic E-state index is 0.0180. The second-order valence-corrected chi connectivity index (χ2v) is 4.03. The van der Waals surface area contributed by atoms with E-state index in [1.165, 1.54) is 0 Å². The zero-order chi connectivity index (χ0) is 12.4. The van der Waals surface area contributed by atoms with Gasteiger partial charge in [-0.1, -0.05) is 24.3 Å². The fraction of sp³-hybridized carbons (Fsp3) is 0.250. The number of aliphatic hydroxyl groups is 1. The van der Waals surface area contributed by atoms with E-state index in [-0.39, 0.29) is 30.4 Å². The fourth-order valence-corrected chi connectivity index (χ4v) is 2.02. The lowest BCUT2D eigenvalue weighted by Crippen LogP contribution is -2.38. The molecule has 1 aromatic rings. The maximum absolute atomic E-state index is 12.0. The summed E-state index contributed by atoms with van der Waals surface area (Å²) < 4.78 is 0. The van der Waals surface area contributed by atoms with Crippen LogP contribution in [0.3, 0.4) is 0 Å². The normalized spacial score (nSPS) is 21.8. The molecule has 0 bridgehead atoms. The van der Waals surface area contributed by atoms with Gasteiger partial charge in [0.2, 0.25) is 5.78 Å². The molecule has 0 aromatic heterocycles. The van der Waals surface area contributed by atoms with E-state index in [1.807, 2.05) is 0 Å². The standard InChI is InChI=1S/C12H10ClNO3/c13-9-10(14-5-6-15)12(17)8-4-2-1-3-7(8)11(9)16/h1-4,9,15H,5-6H2. The van der Waals surface area contributed by atoms with Crippen LogP contribution in [0, 0.1) is 0 Å². The molecule has 1 aliphatic rings. The number of rotatable bonds is 2. The number of carbonyl (C=O) groups is 2. The van der Waals surface area contributed by atoms with Crippen LogP contribution in [0.2, 0.25) is 0 Å². The van der Waals surface area contributed by atoms with Crippen molar-refractivity contribution in [2.75, 3.05) is 13.2 Å². The number of alkyl halides is 1. The number of nitrogens with zero attached hydrogens (tertiary/aromatic N) is 1. The van der Waals surface area contributed by atoms with Gasteiger partial charge in [0, 0.05) is 11.1 Å². The maximum atomic E-state index is 12.0. The van der Waals surface area contributed by atoms with Gasteiger partial charge in [0.25, 0.3) is 0 Å². The molecule has 0 radical (unpaired) electrons. The van der Waals surface area contributed by atoms with Gasteiger partial charge in [-0.25, -0.2) is 0 Å². The molecule has 2 rings (SSSR count). The lowest BCUT2D eigenvalue weighted by molar-refractivity contribution is 0.0967. The van der Waals surface area contributed by atoms with E-state index < -0.39 is 5.38 Å². The zero-order valence-corrected chi connectivity index (χ0v) is 9.65. The first-order chi connectivity index (χ1) is 8.16. The highest BCUT2D eigenvalue weighted by Gasteiger charge is 2.36. The molecule has 17 heavy (non-hydrogen) atoms. The highest BCUT2D eigenvalue weighted by molar-refractivity contribution is 6.64. The molecule has 0 aliphatic heterocycles. The summed E-state index contributed by atoms with van der Waals surface area (Å²) in [6.45, 7) is -0.115. The predicted molar refractivity (Wildman–Crippen MR) is 64.1 cm³/mol. The molecule has 1 atom stereocenters. The van der Waals surface area contributed by atoms with Gasteiger partial charge in [-0.2, -0.15) is 0 Å². The number of halogens is 1. The molecule has 0 saturated carbocycles. The first-order valence-electron chi connectivity index (χ1n) is 5.14. The summed E-state index contributed by atoms with van der Waals surface area (Å²) in [5, 5.41) is 7.63. The summed E-state index contributed by atoms with van der Waals surface area (Å²) in [7, 11) is 0. The second-order valence-electron chi connectivity index (χ2n) is 3.59. The largest absolute Gasteiger partial charge is 0.394 e. The maximum Gasteiger partial charge on any atom is 0.209 e. The molecule has 1 unspecified atom stereocenters. The van der Waals surface area contributed by atoms with E-state index in [2.05, 4.69) is 4.99 Å². The quantitative estimate of drug-likeness (QED) is 0.801. The summed E-state index contributed by atoms with van der Waals surface area (Å²) in [5.41, 5.74) is 0.677. The van der Waals surface area contributed by atoms with Crippen molar-refractivity contribution in [3.63, 3.8) is 0 Å². The lowest BCUT2D eigenvalue weighted by atomic mass is 9.88. The fourth-order valence-electron chi connectivity index (χ4n) is 1.73. The molecule has 0 fully saturated rings. The van der Waals surface area contributed by atoms with Crippen molar-refractivity contribution >= 4 is 28.9 Å². The first kappa shape index (κ1) is 12.0. The van der Waals surface area contributed by atoms with Crippen molar-refractivity contribution in [2.45, 2.75) is 5.38 Å². The van der Waals surface area contributed by atoms with E-state index in [4.69, 9.17) is 16.7 Å². The molecule has 0 spiro atoms. The molecule has 5 heteroatoms. The number of carbonyl (C=O) groups excluding carboxylic acids is 2. The molecule has 4 nitrogen and oxygen atoms in total. The van der Waals surface area contributed by atoms with Gasteiger partial charge in [-0.15, -0.1) is 11.6 Å². The Bertz CT molecular complexity index is 510. The average Bonchev–Trinajstić information content (AvgIpc) is 2.36. The first-order valence-corrected chi connectivity index (χ1v) is 5.57. The van der Waals surface area contributed by atoms with Crippen molar-refractivity contribution in [1.29, 1.82) is 0 Å². The summed E-state index contributed by atoms with van der Waals surface area (Å²) in [6, 6.07) is 6.52. The SMILES string of the molecule is O=C1C(=NCCO)C(Cl)C(=O)c2ccccc21. The van der Waals surface area contributed by atoms with Crippen molar-refractivity contribution in [2.24, 2.45) is 4.99 Å². The van der Waals surface area contributed by atoms with Crippen molar-refractivity contribution in [1.82, 2.24) is 0 Å². The smallest absolute Gasteiger partial charge is 0.209 e. The number of Topliss-reactive ketones (excluding diaryl/α,β-unsaturated/α-hetero) is 2. The van der Waals surface area contributed by atoms with Gasteiger partial charge < -0.3 is 5.11 Å². The Morgan fingerprint density at radius 3 is 2.53 bits per heavy atom. The molecular formula is C12H10ClNO3. The van der Waals surface area contributed by atoms with Gasteiger partial charge in [-0.05, 0) is 0 Å². The van der Waals surface area contributed by atoms with Crippen LogP contribution in [0.15, 0.2) is 29.3 Å². The summed E-state index contributed by atoms with van der Waals surface area (Å²) in [5.74, 6) is -0.660. The molecule has 1 aromatic carbocycles. The predicted octanol–water partition coefficient (Wildman–Crippen LogP) is 1.11. The number of aliphatic imine (C=N–C) groups is 1. The summed E-state index contributed by atoms with van der Waals surface area (Å²) in [4.78, 5) is 27.8. The Hall–Kier alpha value is -1.52. The third-order valence-corrected chi connectivity index (χ3v) is 2.93. The van der Waals surface area contributed by atoms with Crippen LogP contribution in [-0.4, -0.2) is 40.9 Å². The number of aliphatic hydroxyl groups excluding tert-OH is 1. The third-order valence-electron chi connectivity index (χ3n) is 2.52. The Morgan fingerprint density at radius 1 is 1.24 bits per heavy atom. The molecule has 0 heterocycles. The Morgan fingerprint density at radius 2 is 1.88 bits per heavy atom. The van der Waals surface area contributed by atoms with Crippen molar-refractivity contribution in [3.8, 4) is 0 Å². The van der Waals surface area contributed by atoms with Gasteiger partial charge >= 0.3 is 0 Å². The molecule has 88 valence electrons. The van der Waals surface area contributed by atoms with Crippen LogP contribution < -0.4 is 0 Å². The van der Waals surface area contributed by atoms with Crippen molar-refractivity contribution < 1.29 is 14.7 Å². The van der Waals surface area contributed by atoms with E-state index in [0.29, 0.717) is 11.1 Å². The molecule has 0 saturated heterocycles. The number of ketones is 2. The van der Waals surface area contributed by atoms with Crippen LogP contribution in [-0.2, 0) is 0 Å². The number of benzene rings is 1. The second kappa shape index (κ2) is 4.77. The van der Waals surface area contributed by atoms with E-state index in [1.54, 1.807) is 24.3 Å². The molecule has 0 amide bonds.